The first kappa shape index (κ1) is 15.4. The first-order chi connectivity index (χ1) is 9.97. The van der Waals surface area contributed by atoms with Crippen LogP contribution in [0.25, 0.3) is 0 Å². The van der Waals surface area contributed by atoms with Gasteiger partial charge in [-0.1, -0.05) is 11.6 Å². The monoisotopic (exact) mass is 314 g/mol. The van der Waals surface area contributed by atoms with Crippen LogP contribution >= 0.6 is 11.6 Å². The number of carbonyl (C=O) groups is 2. The second-order valence-corrected chi connectivity index (χ2v) is 5.00. The molecular formula is C13H15ClN2O5. The van der Waals surface area contributed by atoms with Crippen molar-refractivity contribution in [2.75, 3.05) is 26.2 Å². The fourth-order valence-electron chi connectivity index (χ4n) is 2.01. The minimum atomic E-state index is -1.00. The number of morpholine rings is 1. The number of halogens is 1. The van der Waals surface area contributed by atoms with Gasteiger partial charge < -0.3 is 25.2 Å². The first-order valence-corrected chi connectivity index (χ1v) is 6.71. The molecule has 0 aliphatic carbocycles. The van der Waals surface area contributed by atoms with Crippen LogP contribution in [0, 0.1) is 0 Å². The third-order valence-corrected chi connectivity index (χ3v) is 3.41. The molecule has 114 valence electrons. The molecule has 1 aliphatic heterocycles. The lowest BCUT2D eigenvalue weighted by atomic mass is 10.2. The number of phenolic OH excluding ortho intramolecular Hbond substituents is 1. The molecule has 1 aromatic rings. The molecular weight excluding hydrogens is 300 g/mol. The number of ether oxygens (including phenoxy) is 1. The number of nitrogens with one attached hydrogen (secondary N) is 1. The average Bonchev–Trinajstić information content (AvgIpc) is 2.45. The Morgan fingerprint density at radius 2 is 2.24 bits per heavy atom. The molecule has 3 N–H and O–H groups in total. The van der Waals surface area contributed by atoms with Crippen molar-refractivity contribution in [3.63, 3.8) is 0 Å². The van der Waals surface area contributed by atoms with E-state index in [1.54, 1.807) is 0 Å². The lowest BCUT2D eigenvalue weighted by molar-refractivity contribution is -0.0199. The highest BCUT2D eigenvalue weighted by Crippen LogP contribution is 2.21. The molecule has 1 saturated heterocycles. The maximum absolute atomic E-state index is 12.0. The van der Waals surface area contributed by atoms with E-state index in [0.29, 0.717) is 13.2 Å². The van der Waals surface area contributed by atoms with E-state index < -0.39 is 18.1 Å². The van der Waals surface area contributed by atoms with Crippen molar-refractivity contribution in [1.29, 1.82) is 0 Å². The van der Waals surface area contributed by atoms with Crippen LogP contribution in [0.4, 0.5) is 4.79 Å². The maximum atomic E-state index is 12.0. The van der Waals surface area contributed by atoms with Crippen molar-refractivity contribution in [1.82, 2.24) is 10.2 Å². The molecule has 0 spiro atoms. The third kappa shape index (κ3) is 3.99. The number of phenols is 1. The minimum Gasteiger partial charge on any atom is -0.508 e. The summed E-state index contributed by atoms with van der Waals surface area (Å²) in [6, 6.07) is 4.06. The van der Waals surface area contributed by atoms with E-state index in [0.717, 1.165) is 0 Å². The number of amides is 2. The molecule has 2 rings (SSSR count). The topological polar surface area (TPSA) is 99.1 Å². The van der Waals surface area contributed by atoms with Crippen LogP contribution < -0.4 is 5.32 Å². The van der Waals surface area contributed by atoms with Crippen LogP contribution in [-0.4, -0.2) is 59.5 Å². The molecule has 8 heteroatoms. The Kier molecular flexibility index (Phi) is 4.87. The second kappa shape index (κ2) is 6.64. The molecule has 1 aromatic carbocycles. The zero-order valence-electron chi connectivity index (χ0n) is 11.1. The fraction of sp³-hybridized carbons (Fsp3) is 0.385. The quantitative estimate of drug-likeness (QED) is 0.777. The first-order valence-electron chi connectivity index (χ1n) is 6.33. The molecule has 1 unspecified atom stereocenters. The van der Waals surface area contributed by atoms with Crippen molar-refractivity contribution >= 4 is 23.6 Å². The Morgan fingerprint density at radius 3 is 2.90 bits per heavy atom. The van der Waals surface area contributed by atoms with E-state index in [2.05, 4.69) is 5.32 Å². The predicted molar refractivity (Wildman–Crippen MR) is 74.8 cm³/mol. The Morgan fingerprint density at radius 1 is 1.48 bits per heavy atom. The summed E-state index contributed by atoms with van der Waals surface area (Å²) < 4.78 is 5.40. The highest BCUT2D eigenvalue weighted by molar-refractivity contribution is 6.34. The highest BCUT2D eigenvalue weighted by atomic mass is 35.5. The molecule has 0 saturated carbocycles. The lowest BCUT2D eigenvalue weighted by Gasteiger charge is -2.31. The summed E-state index contributed by atoms with van der Waals surface area (Å²) in [4.78, 5) is 24.1. The number of hydrogen-bond acceptors (Lipinski definition) is 4. The van der Waals surface area contributed by atoms with Gasteiger partial charge in [0.2, 0.25) is 0 Å². The van der Waals surface area contributed by atoms with Crippen LogP contribution in [0.3, 0.4) is 0 Å². The number of carbonyl (C=O) groups excluding carboxylic acids is 1. The van der Waals surface area contributed by atoms with Gasteiger partial charge in [-0.05, 0) is 18.2 Å². The van der Waals surface area contributed by atoms with Crippen molar-refractivity contribution in [2.45, 2.75) is 6.10 Å². The number of hydrogen-bond donors (Lipinski definition) is 3. The predicted octanol–water partition coefficient (Wildman–Crippen LogP) is 1.15. The van der Waals surface area contributed by atoms with Crippen molar-refractivity contribution in [3.05, 3.63) is 28.8 Å². The normalized spacial score (nSPS) is 18.3. The molecule has 0 bridgehead atoms. The summed E-state index contributed by atoms with van der Waals surface area (Å²) in [6.07, 6.45) is -1.40. The maximum Gasteiger partial charge on any atom is 0.407 e. The summed E-state index contributed by atoms with van der Waals surface area (Å²) in [5.74, 6) is -0.430. The van der Waals surface area contributed by atoms with Gasteiger partial charge in [-0.2, -0.15) is 0 Å². The van der Waals surface area contributed by atoms with E-state index in [9.17, 15) is 14.7 Å². The standard InChI is InChI=1S/C13H15ClN2O5/c14-11-5-8(17)1-2-10(11)12(18)15-6-9-7-16(13(19)20)3-4-21-9/h1-2,5,9,17H,3-4,6-7H2,(H,15,18)(H,19,20). The van der Waals surface area contributed by atoms with Crippen molar-refractivity contribution in [3.8, 4) is 5.75 Å². The number of nitrogens with zero attached hydrogens (tertiary/aromatic N) is 1. The van der Waals surface area contributed by atoms with Gasteiger partial charge in [0, 0.05) is 13.1 Å². The molecule has 21 heavy (non-hydrogen) atoms. The third-order valence-electron chi connectivity index (χ3n) is 3.10. The van der Waals surface area contributed by atoms with Crippen LogP contribution in [0.5, 0.6) is 5.75 Å². The summed E-state index contributed by atoms with van der Waals surface area (Å²) >= 11 is 5.87. The van der Waals surface area contributed by atoms with Crippen LogP contribution in [-0.2, 0) is 4.74 Å². The SMILES string of the molecule is O=C(NCC1CN(C(=O)O)CCO1)c1ccc(O)cc1Cl. The Labute approximate surface area is 126 Å². The minimum absolute atomic E-state index is 0.0238. The largest absolute Gasteiger partial charge is 0.508 e. The number of rotatable bonds is 3. The Balaban J connectivity index is 1.90. The summed E-state index contributed by atoms with van der Waals surface area (Å²) in [5, 5.41) is 20.9. The van der Waals surface area contributed by atoms with Crippen molar-refractivity contribution in [2.24, 2.45) is 0 Å². The van der Waals surface area contributed by atoms with Gasteiger partial charge in [-0.3, -0.25) is 4.79 Å². The zero-order chi connectivity index (χ0) is 15.4. The lowest BCUT2D eigenvalue weighted by Crippen LogP contribution is -2.49. The van der Waals surface area contributed by atoms with E-state index >= 15 is 0 Å². The molecule has 1 fully saturated rings. The second-order valence-electron chi connectivity index (χ2n) is 4.60. The number of benzene rings is 1. The molecule has 1 aliphatic rings. The van der Waals surface area contributed by atoms with E-state index in [1.807, 2.05) is 0 Å². The van der Waals surface area contributed by atoms with Crippen LogP contribution in [0.15, 0.2) is 18.2 Å². The molecule has 0 aromatic heterocycles. The molecule has 1 heterocycles. The summed E-state index contributed by atoms with van der Waals surface area (Å²) in [5.41, 5.74) is 0.236. The van der Waals surface area contributed by atoms with Gasteiger partial charge in [0.1, 0.15) is 5.75 Å². The van der Waals surface area contributed by atoms with E-state index in [4.69, 9.17) is 21.4 Å². The number of carboxylic acid groups (broad SMARTS) is 1. The van der Waals surface area contributed by atoms with E-state index in [1.165, 1.54) is 23.1 Å². The van der Waals surface area contributed by atoms with Gasteiger partial charge in [0.25, 0.3) is 5.91 Å². The van der Waals surface area contributed by atoms with Crippen LogP contribution in [0.2, 0.25) is 5.02 Å². The van der Waals surface area contributed by atoms with Gasteiger partial charge >= 0.3 is 6.09 Å². The van der Waals surface area contributed by atoms with Gasteiger partial charge in [0.05, 0.1) is 29.8 Å². The molecule has 2 amide bonds. The van der Waals surface area contributed by atoms with Crippen molar-refractivity contribution < 1.29 is 24.5 Å². The Bertz CT molecular complexity index is 551. The molecule has 7 nitrogen and oxygen atoms in total. The average molecular weight is 315 g/mol. The Hall–Kier alpha value is -1.99. The fourth-order valence-corrected chi connectivity index (χ4v) is 2.27. The van der Waals surface area contributed by atoms with Crippen LogP contribution in [0.1, 0.15) is 10.4 Å². The highest BCUT2D eigenvalue weighted by Gasteiger charge is 2.24. The number of aromatic hydroxyl groups is 1. The molecule has 1 atom stereocenters. The summed E-state index contributed by atoms with van der Waals surface area (Å²) in [6.45, 7) is 1.01. The van der Waals surface area contributed by atoms with Gasteiger partial charge in [-0.25, -0.2) is 4.79 Å². The van der Waals surface area contributed by atoms with E-state index in [-0.39, 0.29) is 29.4 Å². The van der Waals surface area contributed by atoms with Gasteiger partial charge in [0.15, 0.2) is 0 Å². The smallest absolute Gasteiger partial charge is 0.407 e. The van der Waals surface area contributed by atoms with Gasteiger partial charge in [-0.15, -0.1) is 0 Å². The summed E-state index contributed by atoms with van der Waals surface area (Å²) in [7, 11) is 0. The zero-order valence-corrected chi connectivity index (χ0v) is 11.8. The molecule has 0 radical (unpaired) electrons.